The number of nitrogens with one attached hydrogen (secondary N) is 1. The summed E-state index contributed by atoms with van der Waals surface area (Å²) in [5.41, 5.74) is 0.973. The molecule has 2 aromatic rings. The highest BCUT2D eigenvalue weighted by Crippen LogP contribution is 2.23. The van der Waals surface area contributed by atoms with Crippen LogP contribution in [0.1, 0.15) is 32.0 Å². The van der Waals surface area contributed by atoms with E-state index in [1.165, 1.54) is 0 Å². The molecule has 0 atom stereocenters. The fourth-order valence-corrected chi connectivity index (χ4v) is 1.82. The van der Waals surface area contributed by atoms with E-state index in [0.29, 0.717) is 17.0 Å². The van der Waals surface area contributed by atoms with Gasteiger partial charge in [0.1, 0.15) is 5.75 Å². The van der Waals surface area contributed by atoms with Crippen LogP contribution in [0.4, 0.5) is 5.88 Å². The molecule has 0 saturated carbocycles. The van der Waals surface area contributed by atoms with Crippen molar-refractivity contribution in [3.05, 3.63) is 41.6 Å². The normalized spacial score (nSPS) is 10.7. The number of amides is 1. The Labute approximate surface area is 150 Å². The minimum atomic E-state index is -0.697. The number of ether oxygens (including phenoxy) is 2. The van der Waals surface area contributed by atoms with Gasteiger partial charge in [-0.3, -0.25) is 10.1 Å². The van der Waals surface area contributed by atoms with E-state index in [1.807, 2.05) is 26.8 Å². The number of aromatic nitrogens is 1. The number of carbonyl (C=O) groups excluding carboxylic acids is 2. The lowest BCUT2D eigenvalue weighted by Gasteiger charge is -2.12. The molecule has 1 aromatic heterocycles. The van der Waals surface area contributed by atoms with Crippen molar-refractivity contribution in [3.63, 3.8) is 0 Å². The van der Waals surface area contributed by atoms with Crippen molar-refractivity contribution in [2.75, 3.05) is 18.5 Å². The first-order valence-electron chi connectivity index (χ1n) is 7.83. The summed E-state index contributed by atoms with van der Waals surface area (Å²) in [6.45, 7) is 5.07. The highest BCUT2D eigenvalue weighted by atomic mass is 16.6. The molecule has 0 aliphatic heterocycles. The summed E-state index contributed by atoms with van der Waals surface area (Å²) in [6.07, 6.45) is 0. The lowest BCUT2D eigenvalue weighted by Crippen LogP contribution is -2.23. The smallest absolute Gasteiger partial charge is 0.344 e. The first-order chi connectivity index (χ1) is 12.3. The van der Waals surface area contributed by atoms with Gasteiger partial charge in [-0.15, -0.1) is 0 Å². The van der Waals surface area contributed by atoms with Gasteiger partial charge in [0.25, 0.3) is 5.91 Å². The van der Waals surface area contributed by atoms with Crippen molar-refractivity contribution in [2.24, 2.45) is 0 Å². The van der Waals surface area contributed by atoms with Crippen LogP contribution in [0.15, 0.2) is 34.9 Å². The highest BCUT2D eigenvalue weighted by Gasteiger charge is 2.20. The third kappa shape index (κ3) is 5.63. The maximum absolute atomic E-state index is 11.8. The van der Waals surface area contributed by atoms with Crippen molar-refractivity contribution < 1.29 is 23.6 Å². The lowest BCUT2D eigenvalue weighted by atomic mass is 9.92. The van der Waals surface area contributed by atoms with Gasteiger partial charge in [-0.05, 0) is 24.3 Å². The molecule has 0 radical (unpaired) electrons. The number of anilines is 1. The number of hydrogen-bond acceptors (Lipinski definition) is 7. The van der Waals surface area contributed by atoms with Gasteiger partial charge in [-0.1, -0.05) is 25.9 Å². The molecule has 0 bridgehead atoms. The fraction of sp³-hybridized carbons (Fsp3) is 0.333. The van der Waals surface area contributed by atoms with E-state index < -0.39 is 18.5 Å². The van der Waals surface area contributed by atoms with Crippen LogP contribution < -0.4 is 10.1 Å². The number of benzene rings is 1. The van der Waals surface area contributed by atoms with Gasteiger partial charge in [0.15, 0.2) is 13.2 Å². The molecule has 0 unspecified atom stereocenters. The minimum absolute atomic E-state index is 0.185. The Morgan fingerprint density at radius 2 is 1.92 bits per heavy atom. The zero-order valence-electron chi connectivity index (χ0n) is 14.7. The summed E-state index contributed by atoms with van der Waals surface area (Å²) in [5.74, 6) is -0.641. The zero-order chi connectivity index (χ0) is 19.2. The molecule has 8 nitrogen and oxygen atoms in total. The first kappa shape index (κ1) is 19.0. The largest absolute Gasteiger partial charge is 0.482 e. The van der Waals surface area contributed by atoms with Crippen molar-refractivity contribution in [1.82, 2.24) is 5.16 Å². The highest BCUT2D eigenvalue weighted by molar-refractivity contribution is 5.91. The van der Waals surface area contributed by atoms with E-state index in [4.69, 9.17) is 19.3 Å². The SMILES string of the molecule is CC(C)(C)c1cc(NC(=O)COC(=O)COc2ccc(C#N)cc2)on1. The molecular formula is C18H19N3O5. The monoisotopic (exact) mass is 357 g/mol. The summed E-state index contributed by atoms with van der Waals surface area (Å²) in [6, 6.07) is 9.86. The molecule has 0 aliphatic rings. The van der Waals surface area contributed by atoms with Crippen LogP contribution in [0.5, 0.6) is 5.75 Å². The Kier molecular flexibility index (Phi) is 5.96. The number of nitrogens with zero attached hydrogens (tertiary/aromatic N) is 2. The molecule has 1 amide bonds. The van der Waals surface area contributed by atoms with Crippen molar-refractivity contribution in [3.8, 4) is 11.8 Å². The van der Waals surface area contributed by atoms with E-state index in [2.05, 4.69) is 10.5 Å². The quantitative estimate of drug-likeness (QED) is 0.789. The van der Waals surface area contributed by atoms with E-state index in [-0.39, 0.29) is 17.9 Å². The Hall–Kier alpha value is -3.34. The Balaban J connectivity index is 1.73. The van der Waals surface area contributed by atoms with Gasteiger partial charge in [0.2, 0.25) is 5.88 Å². The molecule has 2 rings (SSSR count). The molecule has 1 aromatic carbocycles. The average molecular weight is 357 g/mol. The van der Waals surface area contributed by atoms with Crippen LogP contribution in [-0.4, -0.2) is 30.2 Å². The number of esters is 1. The standard InChI is InChI=1S/C18H19N3O5/c1-18(2,3)14-8-16(26-21-14)20-15(22)10-25-17(23)11-24-13-6-4-12(9-19)5-7-13/h4-8H,10-11H2,1-3H3,(H,20,22). The van der Waals surface area contributed by atoms with Crippen LogP contribution in [0, 0.1) is 11.3 Å². The molecule has 0 aliphatic carbocycles. The van der Waals surface area contributed by atoms with Crippen LogP contribution >= 0.6 is 0 Å². The molecular weight excluding hydrogens is 338 g/mol. The van der Waals surface area contributed by atoms with Gasteiger partial charge in [0, 0.05) is 11.5 Å². The summed E-state index contributed by atoms with van der Waals surface area (Å²) in [7, 11) is 0. The predicted octanol–water partition coefficient (Wildman–Crippen LogP) is 2.40. The summed E-state index contributed by atoms with van der Waals surface area (Å²) < 4.78 is 15.1. The van der Waals surface area contributed by atoms with Crippen molar-refractivity contribution in [1.29, 1.82) is 5.26 Å². The van der Waals surface area contributed by atoms with Crippen LogP contribution in [0.25, 0.3) is 0 Å². The maximum atomic E-state index is 11.8. The molecule has 26 heavy (non-hydrogen) atoms. The van der Waals surface area contributed by atoms with E-state index in [0.717, 1.165) is 0 Å². The molecule has 136 valence electrons. The van der Waals surface area contributed by atoms with E-state index >= 15 is 0 Å². The average Bonchev–Trinajstić information content (AvgIpc) is 3.07. The van der Waals surface area contributed by atoms with Gasteiger partial charge in [-0.25, -0.2) is 4.79 Å². The number of hydrogen-bond donors (Lipinski definition) is 1. The minimum Gasteiger partial charge on any atom is -0.482 e. The Bertz CT molecular complexity index is 813. The van der Waals surface area contributed by atoms with Gasteiger partial charge in [-0.2, -0.15) is 5.26 Å². The third-order valence-electron chi connectivity index (χ3n) is 3.25. The first-order valence-corrected chi connectivity index (χ1v) is 7.83. The van der Waals surface area contributed by atoms with Crippen molar-refractivity contribution >= 4 is 17.8 Å². The van der Waals surface area contributed by atoms with E-state index in [1.54, 1.807) is 30.3 Å². The molecule has 8 heteroatoms. The van der Waals surface area contributed by atoms with Crippen LogP contribution in [-0.2, 0) is 19.7 Å². The Morgan fingerprint density at radius 1 is 1.23 bits per heavy atom. The second-order valence-corrected chi connectivity index (χ2v) is 6.46. The van der Waals surface area contributed by atoms with E-state index in [9.17, 15) is 9.59 Å². The molecule has 1 N–H and O–H groups in total. The van der Waals surface area contributed by atoms with Crippen LogP contribution in [0.3, 0.4) is 0 Å². The number of rotatable bonds is 6. The lowest BCUT2D eigenvalue weighted by molar-refractivity contribution is -0.149. The predicted molar refractivity (Wildman–Crippen MR) is 91.4 cm³/mol. The van der Waals surface area contributed by atoms with Crippen molar-refractivity contribution in [2.45, 2.75) is 26.2 Å². The van der Waals surface area contributed by atoms with Gasteiger partial charge >= 0.3 is 5.97 Å². The number of carbonyl (C=O) groups is 2. The topological polar surface area (TPSA) is 114 Å². The summed E-state index contributed by atoms with van der Waals surface area (Å²) >= 11 is 0. The zero-order valence-corrected chi connectivity index (χ0v) is 14.7. The number of nitriles is 1. The Morgan fingerprint density at radius 3 is 2.50 bits per heavy atom. The molecule has 0 spiro atoms. The second-order valence-electron chi connectivity index (χ2n) is 6.46. The fourth-order valence-electron chi connectivity index (χ4n) is 1.82. The van der Waals surface area contributed by atoms with Crippen LogP contribution in [0.2, 0.25) is 0 Å². The third-order valence-corrected chi connectivity index (χ3v) is 3.25. The van der Waals surface area contributed by atoms with Gasteiger partial charge in [0.05, 0.1) is 17.3 Å². The maximum Gasteiger partial charge on any atom is 0.344 e. The van der Waals surface area contributed by atoms with Gasteiger partial charge < -0.3 is 14.0 Å². The second kappa shape index (κ2) is 8.16. The molecule has 1 heterocycles. The molecule has 0 fully saturated rings. The molecule has 0 saturated heterocycles. The summed E-state index contributed by atoms with van der Waals surface area (Å²) in [5, 5.41) is 15.0. The summed E-state index contributed by atoms with van der Waals surface area (Å²) in [4.78, 5) is 23.4.